The molecule has 1 aromatic heterocycles. The molecule has 6 heteroatoms. The summed E-state index contributed by atoms with van der Waals surface area (Å²) in [7, 11) is 0. The zero-order valence-corrected chi connectivity index (χ0v) is 11.2. The first-order valence-electron chi connectivity index (χ1n) is 4.87. The lowest BCUT2D eigenvalue weighted by Gasteiger charge is -2.03. The first-order chi connectivity index (χ1) is 8.15. The number of nitrogen functional groups attached to an aromatic ring is 1. The van der Waals surface area contributed by atoms with Gasteiger partial charge in [-0.05, 0) is 33.6 Å². The molecule has 0 spiro atoms. The van der Waals surface area contributed by atoms with E-state index in [0.29, 0.717) is 16.6 Å². The number of nitrogens with zero attached hydrogens (tertiary/aromatic N) is 1. The lowest BCUT2D eigenvalue weighted by Crippen LogP contribution is -2.05. The highest BCUT2D eigenvalue weighted by atomic mass is 79.9. The number of nitrogens with two attached hydrogens (primary N) is 1. The predicted molar refractivity (Wildman–Crippen MR) is 73.0 cm³/mol. The van der Waals surface area contributed by atoms with Gasteiger partial charge < -0.3 is 10.7 Å². The second-order valence-corrected chi connectivity index (χ2v) is 5.20. The van der Waals surface area contributed by atoms with Crippen molar-refractivity contribution >= 4 is 33.4 Å². The first-order valence-corrected chi connectivity index (χ1v) is 6.65. The van der Waals surface area contributed by atoms with Crippen molar-refractivity contribution in [3.63, 3.8) is 0 Å². The average Bonchev–Trinajstić information content (AvgIpc) is 2.31. The van der Waals surface area contributed by atoms with Crippen LogP contribution in [0, 0.1) is 0 Å². The Morgan fingerprint density at radius 3 is 2.94 bits per heavy atom. The second-order valence-electron chi connectivity index (χ2n) is 3.38. The summed E-state index contributed by atoms with van der Waals surface area (Å²) in [5.41, 5.74) is 7.43. The lowest BCUT2D eigenvalue weighted by molar-refractivity contribution is 0.936. The summed E-state index contributed by atoms with van der Waals surface area (Å²) < 4.78 is 0.887. The molecular weight excluding hydrogens is 302 g/mol. The normalized spacial score (nSPS) is 10.4. The number of halogens is 1. The molecule has 2 rings (SSSR count). The van der Waals surface area contributed by atoms with Crippen molar-refractivity contribution < 1.29 is 0 Å². The van der Waals surface area contributed by atoms with E-state index >= 15 is 0 Å². The van der Waals surface area contributed by atoms with Crippen LogP contribution in [0.15, 0.2) is 44.9 Å². The number of thioether (sulfide) groups is 1. The van der Waals surface area contributed by atoms with Crippen LogP contribution in [-0.4, -0.2) is 9.97 Å². The SMILES string of the molecule is Nc1cc(CSc2nccc(=O)[nH]2)ccc1Br. The van der Waals surface area contributed by atoms with Crippen LogP contribution in [0.1, 0.15) is 5.56 Å². The molecule has 0 aliphatic rings. The molecule has 0 atom stereocenters. The molecule has 1 heterocycles. The predicted octanol–water partition coefficient (Wildman–Crippen LogP) is 2.41. The van der Waals surface area contributed by atoms with Gasteiger partial charge >= 0.3 is 0 Å². The maximum Gasteiger partial charge on any atom is 0.251 e. The van der Waals surface area contributed by atoms with Crippen molar-refractivity contribution in [2.24, 2.45) is 0 Å². The third kappa shape index (κ3) is 3.34. The van der Waals surface area contributed by atoms with Gasteiger partial charge in [0.2, 0.25) is 0 Å². The van der Waals surface area contributed by atoms with Gasteiger partial charge in [-0.2, -0.15) is 0 Å². The van der Waals surface area contributed by atoms with Gasteiger partial charge in [0.1, 0.15) is 0 Å². The Labute approximate surface area is 111 Å². The van der Waals surface area contributed by atoms with E-state index < -0.39 is 0 Å². The Morgan fingerprint density at radius 2 is 2.24 bits per heavy atom. The number of H-pyrrole nitrogens is 1. The quantitative estimate of drug-likeness (QED) is 0.519. The summed E-state index contributed by atoms with van der Waals surface area (Å²) in [5.74, 6) is 0.713. The van der Waals surface area contributed by atoms with Crippen molar-refractivity contribution in [2.45, 2.75) is 10.9 Å². The van der Waals surface area contributed by atoms with Gasteiger partial charge in [0.15, 0.2) is 5.16 Å². The summed E-state index contributed by atoms with van der Waals surface area (Å²) in [4.78, 5) is 17.8. The number of hydrogen-bond acceptors (Lipinski definition) is 4. The average molecular weight is 312 g/mol. The fourth-order valence-electron chi connectivity index (χ4n) is 1.26. The van der Waals surface area contributed by atoms with Gasteiger partial charge in [-0.3, -0.25) is 4.79 Å². The number of aromatic amines is 1. The third-order valence-electron chi connectivity index (χ3n) is 2.08. The van der Waals surface area contributed by atoms with Crippen LogP contribution in [0.2, 0.25) is 0 Å². The standard InChI is InChI=1S/C11H10BrN3OS/c12-8-2-1-7(5-9(8)13)6-17-11-14-4-3-10(16)15-11/h1-5H,6,13H2,(H,14,15,16). The van der Waals surface area contributed by atoms with Crippen LogP contribution in [-0.2, 0) is 5.75 Å². The fraction of sp³-hybridized carbons (Fsp3) is 0.0909. The highest BCUT2D eigenvalue weighted by molar-refractivity contribution is 9.10. The molecular formula is C11H10BrN3OS. The molecule has 0 bridgehead atoms. The van der Waals surface area contributed by atoms with Crippen molar-refractivity contribution in [2.75, 3.05) is 5.73 Å². The largest absolute Gasteiger partial charge is 0.398 e. The Bertz CT molecular complexity index is 585. The maximum absolute atomic E-state index is 11.1. The van der Waals surface area contributed by atoms with Crippen molar-refractivity contribution in [1.29, 1.82) is 0 Å². The van der Waals surface area contributed by atoms with Crippen LogP contribution < -0.4 is 11.3 Å². The summed E-state index contributed by atoms with van der Waals surface area (Å²) in [6, 6.07) is 7.18. The van der Waals surface area contributed by atoms with Gasteiger partial charge in [0.05, 0.1) is 0 Å². The molecule has 0 fully saturated rings. The number of hydrogen-bond donors (Lipinski definition) is 2. The van der Waals surface area contributed by atoms with Crippen molar-refractivity contribution in [1.82, 2.24) is 9.97 Å². The minimum atomic E-state index is -0.141. The molecule has 0 amide bonds. The van der Waals surface area contributed by atoms with E-state index in [4.69, 9.17) is 5.73 Å². The molecule has 2 aromatic rings. The van der Waals surface area contributed by atoms with Crippen LogP contribution in [0.3, 0.4) is 0 Å². The zero-order chi connectivity index (χ0) is 12.3. The van der Waals surface area contributed by atoms with Crippen LogP contribution >= 0.6 is 27.7 Å². The van der Waals surface area contributed by atoms with Gasteiger partial charge in [0, 0.05) is 28.2 Å². The monoisotopic (exact) mass is 311 g/mol. The second kappa shape index (κ2) is 5.37. The van der Waals surface area contributed by atoms with E-state index in [-0.39, 0.29) is 5.56 Å². The smallest absolute Gasteiger partial charge is 0.251 e. The van der Waals surface area contributed by atoms with Crippen LogP contribution in [0.4, 0.5) is 5.69 Å². The van der Waals surface area contributed by atoms with E-state index in [1.54, 1.807) is 0 Å². The summed E-state index contributed by atoms with van der Waals surface area (Å²) in [6.45, 7) is 0. The maximum atomic E-state index is 11.1. The Balaban J connectivity index is 2.07. The molecule has 88 valence electrons. The van der Waals surface area contributed by atoms with Crippen LogP contribution in [0.25, 0.3) is 0 Å². The Hall–Kier alpha value is -1.27. The molecule has 1 aromatic carbocycles. The summed E-state index contributed by atoms with van der Waals surface area (Å²) >= 11 is 4.81. The molecule has 17 heavy (non-hydrogen) atoms. The van der Waals surface area contributed by atoms with Crippen molar-refractivity contribution in [3.05, 3.63) is 50.9 Å². The minimum Gasteiger partial charge on any atom is -0.398 e. The highest BCUT2D eigenvalue weighted by Gasteiger charge is 2.01. The van der Waals surface area contributed by atoms with Crippen LogP contribution in [0.5, 0.6) is 0 Å². The topological polar surface area (TPSA) is 71.8 Å². The lowest BCUT2D eigenvalue weighted by atomic mass is 10.2. The molecule has 0 saturated carbocycles. The molecule has 4 nitrogen and oxygen atoms in total. The van der Waals surface area contributed by atoms with Gasteiger partial charge in [-0.15, -0.1) is 0 Å². The van der Waals surface area contributed by atoms with Gasteiger partial charge in [-0.1, -0.05) is 17.8 Å². The summed E-state index contributed by atoms with van der Waals surface area (Å²) in [6.07, 6.45) is 1.50. The zero-order valence-electron chi connectivity index (χ0n) is 8.81. The Kier molecular flexibility index (Phi) is 3.86. The van der Waals surface area contributed by atoms with E-state index in [0.717, 1.165) is 10.0 Å². The van der Waals surface area contributed by atoms with Gasteiger partial charge in [-0.25, -0.2) is 4.98 Å². The number of benzene rings is 1. The third-order valence-corrected chi connectivity index (χ3v) is 3.76. The number of nitrogens with one attached hydrogen (secondary N) is 1. The molecule has 3 N–H and O–H groups in total. The molecule has 0 saturated heterocycles. The molecule has 0 aliphatic carbocycles. The molecule has 0 radical (unpaired) electrons. The van der Waals surface area contributed by atoms with Crippen molar-refractivity contribution in [3.8, 4) is 0 Å². The van der Waals surface area contributed by atoms with E-state index in [2.05, 4.69) is 25.9 Å². The Morgan fingerprint density at radius 1 is 1.41 bits per heavy atom. The summed E-state index contributed by atoms with van der Waals surface area (Å²) in [5, 5.41) is 0.610. The fourth-order valence-corrected chi connectivity index (χ4v) is 2.30. The first kappa shape index (κ1) is 12.2. The highest BCUT2D eigenvalue weighted by Crippen LogP contribution is 2.24. The van der Waals surface area contributed by atoms with Gasteiger partial charge in [0.25, 0.3) is 5.56 Å². The number of aromatic nitrogens is 2. The van der Waals surface area contributed by atoms with E-state index in [1.165, 1.54) is 24.0 Å². The van der Waals surface area contributed by atoms with E-state index in [1.807, 2.05) is 18.2 Å². The number of rotatable bonds is 3. The molecule has 0 aliphatic heterocycles. The minimum absolute atomic E-state index is 0.141. The van der Waals surface area contributed by atoms with E-state index in [9.17, 15) is 4.79 Å². The molecule has 0 unspecified atom stereocenters. The number of anilines is 1.